The molecule has 1 aromatic heterocycles. The number of nitrogens with one attached hydrogen (secondary N) is 1. The lowest BCUT2D eigenvalue weighted by Crippen LogP contribution is -2.39. The van der Waals surface area contributed by atoms with Gasteiger partial charge in [-0.05, 0) is 29.7 Å². The minimum Gasteiger partial charge on any atom is -0.435 e. The maximum atomic E-state index is 12.2. The molecule has 0 aliphatic rings. The Balaban J connectivity index is 1.83. The number of guanidine groups is 1. The van der Waals surface area contributed by atoms with Crippen molar-refractivity contribution in [3.8, 4) is 5.75 Å². The molecule has 2 aromatic rings. The van der Waals surface area contributed by atoms with Crippen molar-refractivity contribution in [2.24, 2.45) is 12.0 Å². The van der Waals surface area contributed by atoms with Crippen LogP contribution in [-0.2, 0) is 20.0 Å². The van der Waals surface area contributed by atoms with Crippen molar-refractivity contribution < 1.29 is 13.5 Å². The first-order valence-corrected chi connectivity index (χ1v) is 7.91. The van der Waals surface area contributed by atoms with Crippen LogP contribution in [0.2, 0.25) is 0 Å². The molecule has 6 nitrogen and oxygen atoms in total. The predicted molar refractivity (Wildman–Crippen MR) is 92.8 cm³/mol. The lowest BCUT2D eigenvalue weighted by Gasteiger charge is -2.22. The van der Waals surface area contributed by atoms with Crippen LogP contribution in [0.15, 0.2) is 41.7 Å². The average Bonchev–Trinajstić information content (AvgIpc) is 2.98. The Kier molecular flexibility index (Phi) is 6.73. The Morgan fingerprint density at radius 2 is 2.04 bits per heavy atom. The van der Waals surface area contributed by atoms with Crippen molar-refractivity contribution in [1.82, 2.24) is 20.0 Å². The monoisotopic (exact) mass is 351 g/mol. The number of aliphatic imine (C=N–C) groups is 1. The summed E-state index contributed by atoms with van der Waals surface area (Å²) < 4.78 is 30.5. The van der Waals surface area contributed by atoms with Gasteiger partial charge in [-0.2, -0.15) is 13.9 Å². The van der Waals surface area contributed by atoms with Gasteiger partial charge in [0.05, 0.1) is 6.20 Å². The zero-order chi connectivity index (χ0) is 18.2. The second kappa shape index (κ2) is 9.00. The summed E-state index contributed by atoms with van der Waals surface area (Å²) in [6, 6.07) is 6.59. The highest BCUT2D eigenvalue weighted by Gasteiger charge is 2.08. The normalized spacial score (nSPS) is 11.7. The lowest BCUT2D eigenvalue weighted by molar-refractivity contribution is -0.0498. The van der Waals surface area contributed by atoms with Gasteiger partial charge < -0.3 is 15.0 Å². The van der Waals surface area contributed by atoms with Gasteiger partial charge >= 0.3 is 6.61 Å². The summed E-state index contributed by atoms with van der Waals surface area (Å²) in [5.41, 5.74) is 2.13. The van der Waals surface area contributed by atoms with Crippen molar-refractivity contribution in [1.29, 1.82) is 0 Å². The van der Waals surface area contributed by atoms with Gasteiger partial charge in [-0.15, -0.1) is 0 Å². The van der Waals surface area contributed by atoms with Crippen LogP contribution >= 0.6 is 0 Å². The van der Waals surface area contributed by atoms with Gasteiger partial charge in [0.15, 0.2) is 5.96 Å². The van der Waals surface area contributed by atoms with Crippen molar-refractivity contribution in [3.05, 3.63) is 47.8 Å². The molecule has 0 radical (unpaired) electrons. The fraction of sp³-hybridized carbons (Fsp3) is 0.412. The fourth-order valence-corrected chi connectivity index (χ4v) is 2.43. The molecule has 8 heteroatoms. The van der Waals surface area contributed by atoms with Crippen molar-refractivity contribution in [3.63, 3.8) is 0 Å². The molecular formula is C17H23F2N5O. The summed E-state index contributed by atoms with van der Waals surface area (Å²) in [6.07, 6.45) is 4.68. The van der Waals surface area contributed by atoms with Crippen molar-refractivity contribution >= 4 is 5.96 Å². The van der Waals surface area contributed by atoms with E-state index >= 15 is 0 Å². The summed E-state index contributed by atoms with van der Waals surface area (Å²) in [5.74, 6) is 0.914. The van der Waals surface area contributed by atoms with Gasteiger partial charge in [0.2, 0.25) is 0 Å². The maximum Gasteiger partial charge on any atom is 0.387 e. The molecule has 136 valence electrons. The van der Waals surface area contributed by atoms with E-state index in [1.165, 1.54) is 12.1 Å². The van der Waals surface area contributed by atoms with E-state index in [1.54, 1.807) is 23.9 Å². The SMILES string of the molecule is CN=C(NCCc1cnn(C)c1)N(C)Cc1ccc(OC(F)F)cc1. The molecule has 0 fully saturated rings. The van der Waals surface area contributed by atoms with Crippen molar-refractivity contribution in [2.75, 3.05) is 20.6 Å². The molecule has 0 unspecified atom stereocenters. The Labute approximate surface area is 146 Å². The predicted octanol–water partition coefficient (Wildman–Crippen LogP) is 2.27. The second-order valence-electron chi connectivity index (χ2n) is 5.62. The Morgan fingerprint density at radius 1 is 1.32 bits per heavy atom. The molecule has 1 N–H and O–H groups in total. The molecule has 0 amide bonds. The molecule has 25 heavy (non-hydrogen) atoms. The number of aryl methyl sites for hydroxylation is 1. The molecule has 2 rings (SSSR count). The van der Waals surface area contributed by atoms with E-state index in [-0.39, 0.29) is 5.75 Å². The maximum absolute atomic E-state index is 12.2. The topological polar surface area (TPSA) is 54.7 Å². The van der Waals surface area contributed by atoms with Gasteiger partial charge in [-0.1, -0.05) is 12.1 Å². The Morgan fingerprint density at radius 3 is 2.60 bits per heavy atom. The molecule has 1 heterocycles. The first kappa shape index (κ1) is 18.7. The highest BCUT2D eigenvalue weighted by atomic mass is 19.3. The van der Waals surface area contributed by atoms with Crippen molar-refractivity contribution in [2.45, 2.75) is 19.6 Å². The molecule has 0 aliphatic carbocycles. The third-order valence-electron chi connectivity index (χ3n) is 3.60. The molecule has 0 bridgehead atoms. The summed E-state index contributed by atoms with van der Waals surface area (Å²) >= 11 is 0. The van der Waals surface area contributed by atoms with E-state index in [2.05, 4.69) is 20.1 Å². The van der Waals surface area contributed by atoms with Crippen LogP contribution in [-0.4, -0.2) is 47.9 Å². The third-order valence-corrected chi connectivity index (χ3v) is 3.60. The van der Waals surface area contributed by atoms with Crippen LogP contribution in [0.1, 0.15) is 11.1 Å². The molecule has 1 aromatic carbocycles. The Bertz CT molecular complexity index is 685. The quantitative estimate of drug-likeness (QED) is 0.614. The van der Waals surface area contributed by atoms with Crippen LogP contribution in [0, 0.1) is 0 Å². The number of alkyl halides is 2. The van der Waals surface area contributed by atoms with Gasteiger partial charge in [0.1, 0.15) is 5.75 Å². The molecular weight excluding hydrogens is 328 g/mol. The zero-order valence-corrected chi connectivity index (χ0v) is 14.6. The summed E-state index contributed by atoms with van der Waals surface area (Å²) in [7, 11) is 5.53. The van der Waals surface area contributed by atoms with Crippen LogP contribution in [0.25, 0.3) is 0 Å². The van der Waals surface area contributed by atoms with Gasteiger partial charge in [-0.3, -0.25) is 9.67 Å². The third kappa shape index (κ3) is 6.06. The molecule has 0 saturated carbocycles. The molecule has 0 atom stereocenters. The van der Waals surface area contributed by atoms with Crippen LogP contribution in [0.5, 0.6) is 5.75 Å². The number of hydrogen-bond acceptors (Lipinski definition) is 3. The van der Waals surface area contributed by atoms with Gasteiger partial charge in [0.25, 0.3) is 0 Å². The van der Waals surface area contributed by atoms with Crippen LogP contribution in [0.3, 0.4) is 0 Å². The first-order chi connectivity index (χ1) is 12.0. The van der Waals surface area contributed by atoms with Crippen LogP contribution in [0.4, 0.5) is 8.78 Å². The number of halogens is 2. The van der Waals surface area contributed by atoms with E-state index in [9.17, 15) is 8.78 Å². The first-order valence-electron chi connectivity index (χ1n) is 7.91. The van der Waals surface area contributed by atoms with E-state index in [1.807, 2.05) is 31.4 Å². The van der Waals surface area contributed by atoms with E-state index in [0.29, 0.717) is 6.54 Å². The molecule has 0 aliphatic heterocycles. The summed E-state index contributed by atoms with van der Waals surface area (Å²) in [4.78, 5) is 6.23. The van der Waals surface area contributed by atoms with E-state index in [0.717, 1.165) is 30.1 Å². The van der Waals surface area contributed by atoms with Gasteiger partial charge in [-0.25, -0.2) is 0 Å². The number of nitrogens with zero attached hydrogens (tertiary/aromatic N) is 4. The Hall–Kier alpha value is -2.64. The molecule has 0 saturated heterocycles. The highest BCUT2D eigenvalue weighted by molar-refractivity contribution is 5.79. The molecule has 0 spiro atoms. The number of rotatable bonds is 7. The summed E-state index contributed by atoms with van der Waals surface area (Å²) in [5, 5.41) is 7.44. The largest absolute Gasteiger partial charge is 0.435 e. The number of ether oxygens (including phenoxy) is 1. The summed E-state index contributed by atoms with van der Waals surface area (Å²) in [6.45, 7) is -1.47. The minimum absolute atomic E-state index is 0.153. The zero-order valence-electron chi connectivity index (χ0n) is 14.6. The fourth-order valence-electron chi connectivity index (χ4n) is 2.43. The highest BCUT2D eigenvalue weighted by Crippen LogP contribution is 2.15. The average molecular weight is 351 g/mol. The number of aromatic nitrogens is 2. The smallest absolute Gasteiger partial charge is 0.387 e. The second-order valence-corrected chi connectivity index (χ2v) is 5.62. The van der Waals surface area contributed by atoms with E-state index < -0.39 is 6.61 Å². The minimum atomic E-state index is -2.81. The lowest BCUT2D eigenvalue weighted by atomic mass is 10.2. The van der Waals surface area contributed by atoms with Crippen LogP contribution < -0.4 is 10.1 Å². The standard InChI is InChI=1S/C17H23F2N5O/c1-20-17(21-9-8-14-10-22-24(3)12-14)23(2)11-13-4-6-15(7-5-13)25-16(18)19/h4-7,10,12,16H,8-9,11H2,1-3H3,(H,20,21). The number of hydrogen-bond donors (Lipinski definition) is 1. The number of benzene rings is 1. The van der Waals surface area contributed by atoms with E-state index in [4.69, 9.17) is 0 Å². The van der Waals surface area contributed by atoms with Gasteiger partial charge in [0, 0.05) is 40.4 Å².